The first-order valence-electron chi connectivity index (χ1n) is 12.5. The van der Waals surface area contributed by atoms with Crippen LogP contribution in [0.25, 0.3) is 0 Å². The molecule has 30 heavy (non-hydrogen) atoms. The van der Waals surface area contributed by atoms with Crippen LogP contribution in [0.15, 0.2) is 0 Å². The topological polar surface area (TPSA) is 77.4 Å². The van der Waals surface area contributed by atoms with Gasteiger partial charge in [-0.2, -0.15) is 0 Å². The van der Waals surface area contributed by atoms with Gasteiger partial charge in [0.25, 0.3) is 0 Å². The summed E-state index contributed by atoms with van der Waals surface area (Å²) < 4.78 is 34.1. The molecule has 0 aromatic rings. The molecule has 0 aromatic carbocycles. The molecule has 0 heterocycles. The third kappa shape index (κ3) is 22.7. The average molecular weight is 473 g/mol. The minimum Gasteiger partial charge on any atom is -0.748 e. The monoisotopic (exact) mass is 472 g/mol. The van der Waals surface area contributed by atoms with Gasteiger partial charge in [0.05, 0.1) is 16.2 Å². The SMILES string of the molecule is CCCCCCCCCCCCC(O)CCCCCC(CCCCC)S(=O)(=O)[O-].[K+]. The number of hydrogen-bond acceptors (Lipinski definition) is 4. The normalized spacial score (nSPS) is 13.7. The zero-order valence-electron chi connectivity index (χ0n) is 20.4. The van der Waals surface area contributed by atoms with E-state index >= 15 is 0 Å². The summed E-state index contributed by atoms with van der Waals surface area (Å²) in [5, 5.41) is 9.39. The van der Waals surface area contributed by atoms with E-state index in [1.807, 2.05) is 0 Å². The Labute approximate surface area is 230 Å². The molecule has 0 aliphatic heterocycles. The Morgan fingerprint density at radius 3 is 1.33 bits per heavy atom. The maximum atomic E-state index is 11.4. The van der Waals surface area contributed by atoms with Crippen molar-refractivity contribution in [3.05, 3.63) is 0 Å². The first kappa shape index (κ1) is 33.7. The summed E-state index contributed by atoms with van der Waals surface area (Å²) in [6.07, 6.45) is 20.9. The first-order chi connectivity index (χ1) is 13.9. The van der Waals surface area contributed by atoms with Crippen LogP contribution in [0.2, 0.25) is 0 Å². The Bertz CT molecular complexity index is 442. The number of hydrogen-bond donors (Lipinski definition) is 1. The van der Waals surface area contributed by atoms with E-state index in [1.54, 1.807) is 0 Å². The summed E-state index contributed by atoms with van der Waals surface area (Å²) >= 11 is 0. The quantitative estimate of drug-likeness (QED) is 0.146. The van der Waals surface area contributed by atoms with Crippen molar-refractivity contribution >= 4 is 10.1 Å². The molecule has 0 saturated heterocycles. The van der Waals surface area contributed by atoms with Crippen LogP contribution in [-0.2, 0) is 10.1 Å². The molecule has 1 N–H and O–H groups in total. The standard InChI is InChI=1S/C24H50O4S.K/c1-3-5-7-8-9-10-11-12-13-16-19-23(25)20-17-14-18-22-24(29(26,27)28)21-15-6-4-2;/h23-25H,3-22H2,1-2H3,(H,26,27,28);/q;+1/p-1. The Morgan fingerprint density at radius 2 is 0.900 bits per heavy atom. The van der Waals surface area contributed by atoms with Gasteiger partial charge in [0.1, 0.15) is 0 Å². The van der Waals surface area contributed by atoms with E-state index < -0.39 is 15.4 Å². The van der Waals surface area contributed by atoms with Crippen molar-refractivity contribution in [1.29, 1.82) is 0 Å². The summed E-state index contributed by atoms with van der Waals surface area (Å²) in [5.74, 6) is 0. The van der Waals surface area contributed by atoms with Crippen LogP contribution >= 0.6 is 0 Å². The number of aliphatic hydroxyl groups excluding tert-OH is 1. The van der Waals surface area contributed by atoms with Crippen LogP contribution in [0.5, 0.6) is 0 Å². The minimum absolute atomic E-state index is 0. The maximum absolute atomic E-state index is 11.4. The fraction of sp³-hybridized carbons (Fsp3) is 1.00. The number of unbranched alkanes of at least 4 members (excludes halogenated alkanes) is 13. The van der Waals surface area contributed by atoms with Crippen LogP contribution < -0.4 is 51.4 Å². The zero-order chi connectivity index (χ0) is 21.8. The molecule has 0 aliphatic rings. The molecule has 0 fully saturated rings. The van der Waals surface area contributed by atoms with Gasteiger partial charge in [-0.15, -0.1) is 0 Å². The van der Waals surface area contributed by atoms with E-state index in [0.29, 0.717) is 12.8 Å². The van der Waals surface area contributed by atoms with Gasteiger partial charge in [0, 0.05) is 5.25 Å². The summed E-state index contributed by atoms with van der Waals surface area (Å²) in [6, 6.07) is 0. The summed E-state index contributed by atoms with van der Waals surface area (Å²) in [4.78, 5) is 0. The van der Waals surface area contributed by atoms with E-state index in [-0.39, 0.29) is 57.5 Å². The van der Waals surface area contributed by atoms with Crippen molar-refractivity contribution in [2.24, 2.45) is 0 Å². The zero-order valence-corrected chi connectivity index (χ0v) is 24.3. The molecule has 0 rings (SSSR count). The smallest absolute Gasteiger partial charge is 0.748 e. The molecule has 0 radical (unpaired) electrons. The largest absolute Gasteiger partial charge is 1.00 e. The number of aliphatic hydroxyl groups is 1. The van der Waals surface area contributed by atoms with Crippen LogP contribution in [-0.4, -0.2) is 29.4 Å². The molecule has 0 spiro atoms. The van der Waals surface area contributed by atoms with Gasteiger partial charge in [-0.1, -0.05) is 117 Å². The molecular formula is C24H49KO4S. The fourth-order valence-electron chi connectivity index (χ4n) is 4.00. The van der Waals surface area contributed by atoms with Crippen molar-refractivity contribution in [1.82, 2.24) is 0 Å². The predicted molar refractivity (Wildman–Crippen MR) is 123 cm³/mol. The van der Waals surface area contributed by atoms with E-state index in [0.717, 1.165) is 57.8 Å². The Hall–Kier alpha value is 1.51. The first-order valence-corrected chi connectivity index (χ1v) is 14.0. The molecule has 6 heteroatoms. The fourth-order valence-corrected chi connectivity index (χ4v) is 4.91. The molecule has 0 bridgehead atoms. The van der Waals surface area contributed by atoms with E-state index in [2.05, 4.69) is 13.8 Å². The summed E-state index contributed by atoms with van der Waals surface area (Å²) in [6.45, 7) is 4.32. The van der Waals surface area contributed by atoms with Crippen LogP contribution in [0.4, 0.5) is 0 Å². The van der Waals surface area contributed by atoms with Crippen molar-refractivity contribution in [3.8, 4) is 0 Å². The van der Waals surface area contributed by atoms with E-state index in [1.165, 1.54) is 57.8 Å². The van der Waals surface area contributed by atoms with Crippen molar-refractivity contribution in [2.45, 2.75) is 154 Å². The van der Waals surface area contributed by atoms with Crippen molar-refractivity contribution < 1.29 is 69.5 Å². The van der Waals surface area contributed by atoms with Gasteiger partial charge in [-0.05, 0) is 25.7 Å². The van der Waals surface area contributed by atoms with Crippen molar-refractivity contribution in [2.75, 3.05) is 0 Å². The second-order valence-corrected chi connectivity index (χ2v) is 10.5. The number of rotatable bonds is 22. The minimum atomic E-state index is -4.18. The molecule has 0 saturated carbocycles. The molecular weight excluding hydrogens is 423 g/mol. The molecule has 2 atom stereocenters. The Kier molecular flexibility index (Phi) is 26.6. The molecule has 0 aromatic heterocycles. The van der Waals surface area contributed by atoms with Gasteiger partial charge in [-0.25, -0.2) is 8.42 Å². The molecule has 0 aliphatic carbocycles. The molecule has 4 nitrogen and oxygen atoms in total. The van der Waals surface area contributed by atoms with Gasteiger partial charge >= 0.3 is 51.4 Å². The van der Waals surface area contributed by atoms with E-state index in [4.69, 9.17) is 0 Å². The third-order valence-electron chi connectivity index (χ3n) is 5.99. The summed E-state index contributed by atoms with van der Waals surface area (Å²) in [7, 11) is -4.18. The van der Waals surface area contributed by atoms with Crippen LogP contribution in [0.1, 0.15) is 142 Å². The molecule has 2 unspecified atom stereocenters. The third-order valence-corrected chi connectivity index (χ3v) is 7.28. The van der Waals surface area contributed by atoms with Gasteiger partial charge in [0.15, 0.2) is 0 Å². The second-order valence-electron chi connectivity index (χ2n) is 8.87. The van der Waals surface area contributed by atoms with Crippen LogP contribution in [0, 0.1) is 0 Å². The van der Waals surface area contributed by atoms with E-state index in [9.17, 15) is 18.1 Å². The summed E-state index contributed by atoms with van der Waals surface area (Å²) in [5.41, 5.74) is 0. The Morgan fingerprint density at radius 1 is 0.600 bits per heavy atom. The second kappa shape index (κ2) is 23.7. The van der Waals surface area contributed by atoms with Crippen LogP contribution in [0.3, 0.4) is 0 Å². The molecule has 0 amide bonds. The maximum Gasteiger partial charge on any atom is 1.00 e. The van der Waals surface area contributed by atoms with Gasteiger partial charge < -0.3 is 9.66 Å². The predicted octanol–water partition coefficient (Wildman–Crippen LogP) is 4.11. The molecule has 176 valence electrons. The Balaban J connectivity index is 0. The van der Waals surface area contributed by atoms with Gasteiger partial charge in [0.2, 0.25) is 0 Å². The average Bonchev–Trinajstić information content (AvgIpc) is 2.67. The van der Waals surface area contributed by atoms with Crippen molar-refractivity contribution in [3.63, 3.8) is 0 Å². The van der Waals surface area contributed by atoms with Gasteiger partial charge in [-0.3, -0.25) is 0 Å².